The van der Waals surface area contributed by atoms with Crippen molar-refractivity contribution in [3.05, 3.63) is 53.4 Å². The van der Waals surface area contributed by atoms with Crippen LogP contribution in [0.1, 0.15) is 40.7 Å². The zero-order chi connectivity index (χ0) is 17.9. The molecule has 0 saturated carbocycles. The van der Waals surface area contributed by atoms with E-state index in [4.69, 9.17) is 9.26 Å². The molecule has 0 radical (unpaired) electrons. The summed E-state index contributed by atoms with van der Waals surface area (Å²) in [5.74, 6) is 0.180. The largest absolute Gasteiger partial charge is 0.373 e. The zero-order valence-electron chi connectivity index (χ0n) is 15.1. The fraction of sp³-hybridized carbons (Fsp3) is 0.500. The molecule has 2 aliphatic rings. The van der Waals surface area contributed by atoms with Gasteiger partial charge in [0.2, 0.25) is 5.76 Å². The Morgan fingerprint density at radius 2 is 1.96 bits per heavy atom. The minimum atomic E-state index is -0.122. The molecular weight excluding hydrogens is 330 g/mol. The highest BCUT2D eigenvalue weighted by Crippen LogP contribution is 2.32. The molecule has 6 heteroatoms. The van der Waals surface area contributed by atoms with E-state index in [-0.39, 0.29) is 18.1 Å². The van der Waals surface area contributed by atoms with Crippen molar-refractivity contribution in [1.29, 1.82) is 0 Å². The van der Waals surface area contributed by atoms with Crippen molar-refractivity contribution in [1.82, 2.24) is 15.0 Å². The molecule has 2 saturated heterocycles. The van der Waals surface area contributed by atoms with Crippen molar-refractivity contribution in [3.63, 3.8) is 0 Å². The Morgan fingerprint density at radius 1 is 1.19 bits per heavy atom. The lowest BCUT2D eigenvalue weighted by Crippen LogP contribution is -2.51. The molecule has 26 heavy (non-hydrogen) atoms. The number of aromatic nitrogens is 1. The quantitative estimate of drug-likeness (QED) is 0.844. The highest BCUT2D eigenvalue weighted by molar-refractivity contribution is 5.92. The van der Waals surface area contributed by atoms with Gasteiger partial charge in [-0.1, -0.05) is 35.5 Å². The van der Waals surface area contributed by atoms with Crippen LogP contribution in [-0.2, 0) is 4.74 Å². The van der Waals surface area contributed by atoms with Crippen LogP contribution in [0, 0.1) is 6.92 Å². The van der Waals surface area contributed by atoms with Gasteiger partial charge in [-0.25, -0.2) is 0 Å². The van der Waals surface area contributed by atoms with Crippen molar-refractivity contribution < 1.29 is 14.1 Å². The predicted molar refractivity (Wildman–Crippen MR) is 96.9 cm³/mol. The molecule has 0 bridgehead atoms. The number of carbonyl (C=O) groups excluding carboxylic acids is 1. The van der Waals surface area contributed by atoms with E-state index >= 15 is 0 Å². The van der Waals surface area contributed by atoms with Gasteiger partial charge < -0.3 is 19.1 Å². The van der Waals surface area contributed by atoms with Crippen molar-refractivity contribution in [2.75, 3.05) is 32.8 Å². The third-order valence-corrected chi connectivity index (χ3v) is 5.23. The van der Waals surface area contributed by atoms with E-state index in [0.29, 0.717) is 24.6 Å². The van der Waals surface area contributed by atoms with E-state index in [1.807, 2.05) is 30.0 Å². The average Bonchev–Trinajstić information content (AvgIpc) is 3.33. The van der Waals surface area contributed by atoms with E-state index in [1.54, 1.807) is 6.07 Å². The molecule has 2 fully saturated rings. The SMILES string of the molecule is Cc1cc(C(=O)N2CCO[C@@H](CN3CCCC3)[C@@H]2c2ccccc2)on1. The van der Waals surface area contributed by atoms with Gasteiger partial charge in [0, 0.05) is 19.2 Å². The van der Waals surface area contributed by atoms with Crippen LogP contribution in [-0.4, -0.2) is 59.8 Å². The first-order chi connectivity index (χ1) is 12.7. The Balaban J connectivity index is 1.63. The molecule has 1 aromatic carbocycles. The molecule has 0 N–H and O–H groups in total. The summed E-state index contributed by atoms with van der Waals surface area (Å²) in [7, 11) is 0. The Bertz CT molecular complexity index is 740. The lowest BCUT2D eigenvalue weighted by molar-refractivity contribution is -0.0715. The van der Waals surface area contributed by atoms with Crippen molar-refractivity contribution >= 4 is 5.91 Å². The smallest absolute Gasteiger partial charge is 0.293 e. The molecule has 2 atom stereocenters. The number of amides is 1. The van der Waals surface area contributed by atoms with Gasteiger partial charge in [0.1, 0.15) is 0 Å². The number of rotatable bonds is 4. The van der Waals surface area contributed by atoms with Gasteiger partial charge in [0.05, 0.1) is 24.4 Å². The molecule has 2 aliphatic heterocycles. The monoisotopic (exact) mass is 355 g/mol. The summed E-state index contributed by atoms with van der Waals surface area (Å²) in [6.45, 7) is 5.98. The summed E-state index contributed by atoms with van der Waals surface area (Å²) in [6.07, 6.45) is 2.43. The number of likely N-dealkylation sites (tertiary alicyclic amines) is 1. The molecule has 0 unspecified atom stereocenters. The number of hydrogen-bond acceptors (Lipinski definition) is 5. The predicted octanol–water partition coefficient (Wildman–Crippen LogP) is 2.66. The highest BCUT2D eigenvalue weighted by Gasteiger charge is 2.38. The normalized spacial score (nSPS) is 24.1. The minimum absolute atomic E-state index is 0.0442. The fourth-order valence-corrected chi connectivity index (χ4v) is 3.98. The fourth-order valence-electron chi connectivity index (χ4n) is 3.98. The van der Waals surface area contributed by atoms with Crippen LogP contribution in [0.4, 0.5) is 0 Å². The van der Waals surface area contributed by atoms with Gasteiger partial charge in [-0.15, -0.1) is 0 Å². The van der Waals surface area contributed by atoms with Crippen LogP contribution >= 0.6 is 0 Å². The number of nitrogens with zero attached hydrogens (tertiary/aromatic N) is 3. The summed E-state index contributed by atoms with van der Waals surface area (Å²) >= 11 is 0. The van der Waals surface area contributed by atoms with Gasteiger partial charge in [-0.05, 0) is 38.4 Å². The second-order valence-corrected chi connectivity index (χ2v) is 7.10. The van der Waals surface area contributed by atoms with Crippen LogP contribution in [0.3, 0.4) is 0 Å². The molecule has 6 nitrogen and oxygen atoms in total. The minimum Gasteiger partial charge on any atom is -0.373 e. The molecule has 0 spiro atoms. The van der Waals surface area contributed by atoms with Gasteiger partial charge in [-0.2, -0.15) is 0 Å². The Labute approximate surface area is 153 Å². The number of carbonyl (C=O) groups is 1. The van der Waals surface area contributed by atoms with E-state index in [2.05, 4.69) is 22.2 Å². The molecule has 3 heterocycles. The number of ether oxygens (including phenoxy) is 1. The second kappa shape index (κ2) is 7.60. The topological polar surface area (TPSA) is 58.8 Å². The summed E-state index contributed by atoms with van der Waals surface area (Å²) in [4.78, 5) is 17.4. The second-order valence-electron chi connectivity index (χ2n) is 7.10. The molecule has 1 amide bonds. The van der Waals surface area contributed by atoms with Gasteiger partial charge in [0.25, 0.3) is 5.91 Å². The van der Waals surface area contributed by atoms with Crippen molar-refractivity contribution in [2.24, 2.45) is 0 Å². The number of hydrogen-bond donors (Lipinski definition) is 0. The van der Waals surface area contributed by atoms with Gasteiger partial charge in [0.15, 0.2) is 0 Å². The van der Waals surface area contributed by atoms with Crippen LogP contribution in [0.25, 0.3) is 0 Å². The molecule has 1 aromatic heterocycles. The van der Waals surface area contributed by atoms with Crippen molar-refractivity contribution in [3.8, 4) is 0 Å². The molecule has 138 valence electrons. The summed E-state index contributed by atoms with van der Waals surface area (Å²) in [5, 5.41) is 3.87. The molecule has 0 aliphatic carbocycles. The third kappa shape index (κ3) is 3.52. The number of benzene rings is 1. The first kappa shape index (κ1) is 17.2. The number of aryl methyl sites for hydroxylation is 1. The molecule has 2 aromatic rings. The van der Waals surface area contributed by atoms with Crippen LogP contribution in [0.15, 0.2) is 40.9 Å². The zero-order valence-corrected chi connectivity index (χ0v) is 15.1. The molecule has 4 rings (SSSR count). The maximum absolute atomic E-state index is 13.1. The number of morpholine rings is 1. The summed E-state index contributed by atoms with van der Waals surface area (Å²) in [6, 6.07) is 11.7. The van der Waals surface area contributed by atoms with E-state index in [1.165, 1.54) is 12.8 Å². The maximum Gasteiger partial charge on any atom is 0.293 e. The van der Waals surface area contributed by atoms with E-state index in [9.17, 15) is 4.79 Å². The van der Waals surface area contributed by atoms with Crippen LogP contribution in [0.5, 0.6) is 0 Å². The van der Waals surface area contributed by atoms with Gasteiger partial charge in [-0.3, -0.25) is 4.79 Å². The lowest BCUT2D eigenvalue weighted by Gasteiger charge is -2.42. The van der Waals surface area contributed by atoms with Crippen molar-refractivity contribution in [2.45, 2.75) is 31.9 Å². The maximum atomic E-state index is 13.1. The first-order valence-electron chi connectivity index (χ1n) is 9.35. The summed E-state index contributed by atoms with van der Waals surface area (Å²) in [5.41, 5.74) is 1.81. The standard InChI is InChI=1S/C20H25N3O3/c1-15-13-17(26-21-15)20(24)23-11-12-25-18(14-22-9-5-6-10-22)19(23)16-7-3-2-4-8-16/h2-4,7-8,13,18-19H,5-6,9-12,14H2,1H3/t18-,19-/m0/s1. The Morgan fingerprint density at radius 3 is 2.65 bits per heavy atom. The first-order valence-corrected chi connectivity index (χ1v) is 9.35. The van der Waals surface area contributed by atoms with Crippen LogP contribution < -0.4 is 0 Å². The Kier molecular flexibility index (Phi) is 5.04. The highest BCUT2D eigenvalue weighted by atomic mass is 16.5. The third-order valence-electron chi connectivity index (χ3n) is 5.23. The van der Waals surface area contributed by atoms with Crippen LogP contribution in [0.2, 0.25) is 0 Å². The van der Waals surface area contributed by atoms with E-state index in [0.717, 1.165) is 25.2 Å². The van der Waals surface area contributed by atoms with Gasteiger partial charge >= 0.3 is 0 Å². The van der Waals surface area contributed by atoms with E-state index < -0.39 is 0 Å². The average molecular weight is 355 g/mol. The lowest BCUT2D eigenvalue weighted by atomic mass is 9.97. The molecular formula is C20H25N3O3. The Hall–Kier alpha value is -2.18. The summed E-state index contributed by atoms with van der Waals surface area (Å²) < 4.78 is 11.4.